The quantitative estimate of drug-likeness (QED) is 0.812. The molecule has 17 heavy (non-hydrogen) atoms. The van der Waals surface area contributed by atoms with Gasteiger partial charge in [-0.3, -0.25) is 4.79 Å². The fourth-order valence-corrected chi connectivity index (χ4v) is 2.33. The van der Waals surface area contributed by atoms with Crippen molar-refractivity contribution in [1.82, 2.24) is 0 Å². The van der Waals surface area contributed by atoms with Gasteiger partial charge in [0.15, 0.2) is 0 Å². The molecule has 1 saturated heterocycles. The number of rotatable bonds is 4. The minimum atomic E-state index is -0.379. The average Bonchev–Trinajstić information content (AvgIpc) is 2.77. The minimum absolute atomic E-state index is 0.196. The van der Waals surface area contributed by atoms with E-state index in [1.54, 1.807) is 6.07 Å². The third-order valence-electron chi connectivity index (χ3n) is 3.23. The van der Waals surface area contributed by atoms with Crippen LogP contribution in [0.2, 0.25) is 0 Å². The zero-order chi connectivity index (χ0) is 12.3. The number of aliphatic hydroxyl groups is 1. The smallest absolute Gasteiger partial charge is 0.150 e. The van der Waals surface area contributed by atoms with Gasteiger partial charge in [-0.15, -0.1) is 0 Å². The monoisotopic (exact) mass is 237 g/mol. The Morgan fingerprint density at radius 3 is 3.00 bits per heavy atom. The van der Waals surface area contributed by atoms with Gasteiger partial charge in [0, 0.05) is 30.9 Å². The molecule has 4 heteroatoms. The molecular weight excluding hydrogens is 221 g/mol. The maximum atomic E-state index is 13.3. The first-order chi connectivity index (χ1) is 8.22. The zero-order valence-corrected chi connectivity index (χ0v) is 9.60. The number of aldehydes is 1. The van der Waals surface area contributed by atoms with Crippen LogP contribution in [-0.4, -0.2) is 31.1 Å². The van der Waals surface area contributed by atoms with Crippen molar-refractivity contribution in [1.29, 1.82) is 0 Å². The maximum absolute atomic E-state index is 13.3. The normalized spacial score (nSPS) is 19.6. The van der Waals surface area contributed by atoms with Crippen molar-refractivity contribution in [2.75, 3.05) is 24.6 Å². The average molecular weight is 237 g/mol. The highest BCUT2D eigenvalue weighted by molar-refractivity contribution is 5.77. The van der Waals surface area contributed by atoms with Crippen LogP contribution in [0.1, 0.15) is 23.2 Å². The highest BCUT2D eigenvalue weighted by Gasteiger charge is 2.22. The van der Waals surface area contributed by atoms with Crippen LogP contribution in [-0.2, 0) is 0 Å². The lowest BCUT2D eigenvalue weighted by atomic mass is 10.1. The Morgan fingerprint density at radius 2 is 2.29 bits per heavy atom. The summed E-state index contributed by atoms with van der Waals surface area (Å²) in [6.45, 7) is 1.87. The molecule has 0 aromatic heterocycles. The molecule has 0 spiro atoms. The predicted octanol–water partition coefficient (Wildman–Crippen LogP) is 1.85. The van der Waals surface area contributed by atoms with Crippen molar-refractivity contribution in [2.24, 2.45) is 5.92 Å². The van der Waals surface area contributed by atoms with Crippen LogP contribution in [0.4, 0.5) is 10.1 Å². The van der Waals surface area contributed by atoms with Gasteiger partial charge >= 0.3 is 0 Å². The van der Waals surface area contributed by atoms with Gasteiger partial charge in [0.1, 0.15) is 12.1 Å². The summed E-state index contributed by atoms with van der Waals surface area (Å²) in [5, 5.41) is 8.88. The van der Waals surface area contributed by atoms with Crippen LogP contribution in [0.5, 0.6) is 0 Å². The summed E-state index contributed by atoms with van der Waals surface area (Å²) in [7, 11) is 0. The summed E-state index contributed by atoms with van der Waals surface area (Å²) in [6, 6.07) is 4.39. The lowest BCUT2D eigenvalue weighted by Crippen LogP contribution is -2.20. The second kappa shape index (κ2) is 5.27. The summed E-state index contributed by atoms with van der Waals surface area (Å²) in [5.41, 5.74) is 1.12. The molecule has 1 aromatic rings. The molecule has 1 fully saturated rings. The Bertz CT molecular complexity index is 408. The Labute approximate surface area is 99.9 Å². The SMILES string of the molecule is O=Cc1cc(F)cc(N2CCC(CCO)C2)c1. The molecule has 0 radical (unpaired) electrons. The van der Waals surface area contributed by atoms with E-state index in [4.69, 9.17) is 5.11 Å². The lowest BCUT2D eigenvalue weighted by molar-refractivity contribution is 0.112. The van der Waals surface area contributed by atoms with Gasteiger partial charge in [0.25, 0.3) is 0 Å². The van der Waals surface area contributed by atoms with Crippen molar-refractivity contribution in [3.8, 4) is 0 Å². The van der Waals surface area contributed by atoms with Crippen LogP contribution in [0.3, 0.4) is 0 Å². The Balaban J connectivity index is 2.12. The van der Waals surface area contributed by atoms with Gasteiger partial charge in [-0.25, -0.2) is 4.39 Å². The molecule has 0 saturated carbocycles. The first kappa shape index (κ1) is 12.0. The van der Waals surface area contributed by atoms with Gasteiger partial charge in [0.2, 0.25) is 0 Å². The molecule has 3 nitrogen and oxygen atoms in total. The van der Waals surface area contributed by atoms with E-state index in [1.165, 1.54) is 12.1 Å². The molecule has 92 valence electrons. The van der Waals surface area contributed by atoms with Gasteiger partial charge in [-0.1, -0.05) is 0 Å². The van der Waals surface area contributed by atoms with Crippen LogP contribution in [0.25, 0.3) is 0 Å². The van der Waals surface area contributed by atoms with E-state index in [0.717, 1.165) is 31.6 Å². The fraction of sp³-hybridized carbons (Fsp3) is 0.462. The topological polar surface area (TPSA) is 40.5 Å². The summed E-state index contributed by atoms with van der Waals surface area (Å²) >= 11 is 0. The third kappa shape index (κ3) is 2.82. The number of carbonyl (C=O) groups is 1. The Kier molecular flexibility index (Phi) is 3.74. The van der Waals surface area contributed by atoms with E-state index >= 15 is 0 Å². The van der Waals surface area contributed by atoms with E-state index in [-0.39, 0.29) is 12.4 Å². The molecule has 1 aliphatic heterocycles. The van der Waals surface area contributed by atoms with Gasteiger partial charge in [-0.2, -0.15) is 0 Å². The highest BCUT2D eigenvalue weighted by Crippen LogP contribution is 2.26. The molecule has 0 amide bonds. The summed E-state index contributed by atoms with van der Waals surface area (Å²) in [6.07, 6.45) is 2.45. The number of aliphatic hydroxyl groups excluding tert-OH is 1. The van der Waals surface area contributed by atoms with Crippen LogP contribution < -0.4 is 4.90 Å². The maximum Gasteiger partial charge on any atom is 0.150 e. The highest BCUT2D eigenvalue weighted by atomic mass is 19.1. The lowest BCUT2D eigenvalue weighted by Gasteiger charge is -2.19. The molecule has 1 heterocycles. The first-order valence-corrected chi connectivity index (χ1v) is 5.84. The largest absolute Gasteiger partial charge is 0.396 e. The van der Waals surface area contributed by atoms with Gasteiger partial charge in [0.05, 0.1) is 0 Å². The minimum Gasteiger partial charge on any atom is -0.396 e. The van der Waals surface area contributed by atoms with E-state index in [2.05, 4.69) is 4.90 Å². The number of halogens is 1. The number of carbonyl (C=O) groups excluding carboxylic acids is 1. The fourth-order valence-electron chi connectivity index (χ4n) is 2.33. The molecule has 2 rings (SSSR count). The standard InChI is InChI=1S/C13H16FNO2/c14-12-5-11(9-17)6-13(7-12)15-3-1-10(8-15)2-4-16/h5-7,9-10,16H,1-4,8H2. The zero-order valence-electron chi connectivity index (χ0n) is 9.60. The van der Waals surface area contributed by atoms with Crippen LogP contribution in [0.15, 0.2) is 18.2 Å². The summed E-state index contributed by atoms with van der Waals surface area (Å²) < 4.78 is 13.3. The predicted molar refractivity (Wildman–Crippen MR) is 63.8 cm³/mol. The Hall–Kier alpha value is -1.42. The summed E-state index contributed by atoms with van der Waals surface area (Å²) in [5.74, 6) is 0.0816. The Morgan fingerprint density at radius 1 is 1.47 bits per heavy atom. The van der Waals surface area contributed by atoms with Crippen molar-refractivity contribution < 1.29 is 14.3 Å². The molecular formula is C13H16FNO2. The number of hydrogen-bond acceptors (Lipinski definition) is 3. The van der Waals surface area contributed by atoms with Gasteiger partial charge in [-0.05, 0) is 37.0 Å². The van der Waals surface area contributed by atoms with E-state index in [0.29, 0.717) is 17.8 Å². The first-order valence-electron chi connectivity index (χ1n) is 5.84. The molecule has 0 aliphatic carbocycles. The molecule has 1 unspecified atom stereocenters. The van der Waals surface area contributed by atoms with Crippen molar-refractivity contribution in [2.45, 2.75) is 12.8 Å². The number of nitrogens with zero attached hydrogens (tertiary/aromatic N) is 1. The second-order valence-electron chi connectivity index (χ2n) is 4.47. The molecule has 1 atom stereocenters. The number of hydrogen-bond donors (Lipinski definition) is 1. The molecule has 1 aliphatic rings. The number of benzene rings is 1. The summed E-state index contributed by atoms with van der Waals surface area (Å²) in [4.78, 5) is 12.7. The van der Waals surface area contributed by atoms with Crippen molar-refractivity contribution >= 4 is 12.0 Å². The molecule has 0 bridgehead atoms. The van der Waals surface area contributed by atoms with Crippen LogP contribution >= 0.6 is 0 Å². The van der Waals surface area contributed by atoms with Crippen LogP contribution in [0, 0.1) is 11.7 Å². The third-order valence-corrected chi connectivity index (χ3v) is 3.23. The van der Waals surface area contributed by atoms with E-state index < -0.39 is 0 Å². The van der Waals surface area contributed by atoms with Gasteiger partial charge < -0.3 is 10.0 Å². The second-order valence-corrected chi connectivity index (χ2v) is 4.47. The number of anilines is 1. The van der Waals surface area contributed by atoms with Crippen molar-refractivity contribution in [3.63, 3.8) is 0 Å². The van der Waals surface area contributed by atoms with E-state index in [1.807, 2.05) is 0 Å². The van der Waals surface area contributed by atoms with Crippen molar-refractivity contribution in [3.05, 3.63) is 29.6 Å². The van der Waals surface area contributed by atoms with E-state index in [9.17, 15) is 9.18 Å². The molecule has 1 N–H and O–H groups in total. The molecule has 1 aromatic carbocycles.